The number of hydrogen-bond donors (Lipinski definition) is 1. The predicted molar refractivity (Wildman–Crippen MR) is 115 cm³/mol. The summed E-state index contributed by atoms with van der Waals surface area (Å²) in [6, 6.07) is 11.2. The minimum atomic E-state index is -0.531. The molecule has 1 aromatic carbocycles. The molecule has 1 aromatic heterocycles. The monoisotopic (exact) mass is 423 g/mol. The summed E-state index contributed by atoms with van der Waals surface area (Å²) in [7, 11) is 0. The van der Waals surface area contributed by atoms with Crippen molar-refractivity contribution in [2.24, 2.45) is 0 Å². The SMILES string of the molecule is O=C(/C=C/c1ccccc1)NCCC(=O)OCC(=O)N1CCN(c2ncccn2)CC1. The molecule has 2 aromatic rings. The van der Waals surface area contributed by atoms with Crippen LogP contribution in [-0.2, 0) is 19.1 Å². The van der Waals surface area contributed by atoms with Gasteiger partial charge in [0.25, 0.3) is 5.91 Å². The lowest BCUT2D eigenvalue weighted by molar-refractivity contribution is -0.152. The minimum absolute atomic E-state index is 0.00266. The van der Waals surface area contributed by atoms with E-state index in [-0.39, 0.29) is 31.4 Å². The lowest BCUT2D eigenvalue weighted by atomic mass is 10.2. The first kappa shape index (κ1) is 21.9. The average molecular weight is 423 g/mol. The molecular weight excluding hydrogens is 398 g/mol. The van der Waals surface area contributed by atoms with E-state index in [1.807, 2.05) is 35.2 Å². The van der Waals surface area contributed by atoms with Crippen molar-refractivity contribution in [2.75, 3.05) is 44.2 Å². The minimum Gasteiger partial charge on any atom is -0.456 e. The Morgan fingerprint density at radius 3 is 2.42 bits per heavy atom. The topological polar surface area (TPSA) is 105 Å². The third-order valence-corrected chi connectivity index (χ3v) is 4.68. The Kier molecular flexibility index (Phi) is 8.10. The summed E-state index contributed by atoms with van der Waals surface area (Å²) in [6.45, 7) is 2.10. The van der Waals surface area contributed by atoms with Crippen LogP contribution in [0, 0.1) is 0 Å². The molecule has 0 atom stereocenters. The fourth-order valence-corrected chi connectivity index (χ4v) is 3.00. The van der Waals surface area contributed by atoms with E-state index in [0.717, 1.165) is 5.56 Å². The first-order valence-electron chi connectivity index (χ1n) is 10.1. The highest BCUT2D eigenvalue weighted by Gasteiger charge is 2.23. The van der Waals surface area contributed by atoms with Gasteiger partial charge in [0.05, 0.1) is 6.42 Å². The van der Waals surface area contributed by atoms with Gasteiger partial charge in [-0.15, -0.1) is 0 Å². The molecule has 0 saturated carbocycles. The molecule has 9 heteroatoms. The lowest BCUT2D eigenvalue weighted by Gasteiger charge is -2.34. The molecule has 0 radical (unpaired) electrons. The van der Waals surface area contributed by atoms with Gasteiger partial charge >= 0.3 is 5.97 Å². The normalized spacial score (nSPS) is 13.8. The van der Waals surface area contributed by atoms with Gasteiger partial charge in [0.1, 0.15) is 0 Å². The second-order valence-corrected chi connectivity index (χ2v) is 6.86. The molecule has 0 aliphatic carbocycles. The lowest BCUT2D eigenvalue weighted by Crippen LogP contribution is -2.50. The molecule has 2 amide bonds. The van der Waals surface area contributed by atoms with E-state index < -0.39 is 5.97 Å². The van der Waals surface area contributed by atoms with Crippen molar-refractivity contribution in [3.05, 3.63) is 60.4 Å². The van der Waals surface area contributed by atoms with Gasteiger partial charge in [-0.1, -0.05) is 30.3 Å². The van der Waals surface area contributed by atoms with E-state index in [1.165, 1.54) is 6.08 Å². The Bertz CT molecular complexity index is 897. The van der Waals surface area contributed by atoms with Crippen LogP contribution < -0.4 is 10.2 Å². The number of amides is 2. The molecule has 0 bridgehead atoms. The molecule has 1 saturated heterocycles. The standard InChI is InChI=1S/C22H25N5O4/c28-19(8-7-18-5-2-1-3-6-18)23-12-9-21(30)31-17-20(29)26-13-15-27(16-14-26)22-24-10-4-11-25-22/h1-8,10-11H,9,12-17H2,(H,23,28)/b8-7+. The van der Waals surface area contributed by atoms with E-state index in [2.05, 4.69) is 15.3 Å². The first-order valence-corrected chi connectivity index (χ1v) is 10.1. The van der Waals surface area contributed by atoms with Crippen molar-refractivity contribution in [2.45, 2.75) is 6.42 Å². The predicted octanol–water partition coefficient (Wildman–Crippen LogP) is 0.888. The van der Waals surface area contributed by atoms with Gasteiger partial charge in [-0.05, 0) is 17.7 Å². The molecule has 9 nitrogen and oxygen atoms in total. The molecule has 3 rings (SSSR count). The van der Waals surface area contributed by atoms with Crippen LogP contribution >= 0.6 is 0 Å². The summed E-state index contributed by atoms with van der Waals surface area (Å²) in [5.74, 6) is -0.427. The Hall–Kier alpha value is -3.75. The van der Waals surface area contributed by atoms with E-state index in [1.54, 1.807) is 29.4 Å². The van der Waals surface area contributed by atoms with Crippen molar-refractivity contribution in [3.8, 4) is 0 Å². The van der Waals surface area contributed by atoms with E-state index in [9.17, 15) is 14.4 Å². The highest BCUT2D eigenvalue weighted by molar-refractivity contribution is 5.91. The number of rotatable bonds is 8. The molecular formula is C22H25N5O4. The zero-order valence-corrected chi connectivity index (χ0v) is 17.1. The number of benzene rings is 1. The van der Waals surface area contributed by atoms with Crippen LogP contribution in [0.25, 0.3) is 6.08 Å². The smallest absolute Gasteiger partial charge is 0.308 e. The largest absolute Gasteiger partial charge is 0.456 e. The second kappa shape index (κ2) is 11.4. The van der Waals surface area contributed by atoms with Crippen LogP contribution in [0.4, 0.5) is 5.95 Å². The number of carbonyl (C=O) groups excluding carboxylic acids is 3. The van der Waals surface area contributed by atoms with Crippen molar-refractivity contribution < 1.29 is 19.1 Å². The highest BCUT2D eigenvalue weighted by atomic mass is 16.5. The number of hydrogen-bond acceptors (Lipinski definition) is 7. The van der Waals surface area contributed by atoms with Crippen LogP contribution in [0.2, 0.25) is 0 Å². The zero-order chi connectivity index (χ0) is 21.9. The molecule has 162 valence electrons. The highest BCUT2D eigenvalue weighted by Crippen LogP contribution is 2.09. The molecule has 0 spiro atoms. The second-order valence-electron chi connectivity index (χ2n) is 6.86. The number of nitrogens with one attached hydrogen (secondary N) is 1. The van der Waals surface area contributed by atoms with Crippen LogP contribution in [0.1, 0.15) is 12.0 Å². The van der Waals surface area contributed by atoms with E-state index in [0.29, 0.717) is 32.1 Å². The quantitative estimate of drug-likeness (QED) is 0.497. The van der Waals surface area contributed by atoms with E-state index >= 15 is 0 Å². The Morgan fingerprint density at radius 1 is 1.00 bits per heavy atom. The van der Waals surface area contributed by atoms with Crippen LogP contribution in [-0.4, -0.2) is 72.0 Å². The number of anilines is 1. The molecule has 0 unspecified atom stereocenters. The van der Waals surface area contributed by atoms with Gasteiger partial charge in [-0.2, -0.15) is 0 Å². The number of aromatic nitrogens is 2. The Morgan fingerprint density at radius 2 is 1.71 bits per heavy atom. The summed E-state index contributed by atoms with van der Waals surface area (Å²) in [5, 5.41) is 2.62. The van der Waals surface area contributed by atoms with Gasteiger partial charge in [-0.3, -0.25) is 14.4 Å². The maximum absolute atomic E-state index is 12.3. The fraction of sp³-hybridized carbons (Fsp3) is 0.318. The Labute approximate surface area is 180 Å². The van der Waals surface area contributed by atoms with Gasteiger partial charge < -0.3 is 19.9 Å². The third-order valence-electron chi connectivity index (χ3n) is 4.68. The number of carbonyl (C=O) groups is 3. The molecule has 1 N–H and O–H groups in total. The molecule has 1 aliphatic heterocycles. The Balaban J connectivity index is 1.29. The number of esters is 1. The van der Waals surface area contributed by atoms with Crippen molar-refractivity contribution in [3.63, 3.8) is 0 Å². The number of ether oxygens (including phenoxy) is 1. The maximum atomic E-state index is 12.3. The van der Waals surface area contributed by atoms with Crippen LogP contribution in [0.3, 0.4) is 0 Å². The average Bonchev–Trinajstić information content (AvgIpc) is 2.82. The first-order chi connectivity index (χ1) is 15.1. The summed E-state index contributed by atoms with van der Waals surface area (Å²) in [5.41, 5.74) is 0.910. The summed E-state index contributed by atoms with van der Waals surface area (Å²) in [4.78, 5) is 48.0. The maximum Gasteiger partial charge on any atom is 0.308 e. The molecule has 1 aliphatic rings. The van der Waals surface area contributed by atoms with Gasteiger partial charge in [0.15, 0.2) is 6.61 Å². The van der Waals surface area contributed by atoms with Crippen LogP contribution in [0.15, 0.2) is 54.9 Å². The van der Waals surface area contributed by atoms with Gasteiger partial charge in [0.2, 0.25) is 11.9 Å². The van der Waals surface area contributed by atoms with Crippen molar-refractivity contribution in [1.82, 2.24) is 20.2 Å². The number of piperazine rings is 1. The number of nitrogens with zero attached hydrogens (tertiary/aromatic N) is 4. The summed E-state index contributed by atoms with van der Waals surface area (Å²) < 4.78 is 5.04. The van der Waals surface area contributed by atoms with Crippen molar-refractivity contribution in [1.29, 1.82) is 0 Å². The molecule has 31 heavy (non-hydrogen) atoms. The van der Waals surface area contributed by atoms with Crippen LogP contribution in [0.5, 0.6) is 0 Å². The summed E-state index contributed by atoms with van der Waals surface area (Å²) >= 11 is 0. The third kappa shape index (κ3) is 7.22. The fourth-order valence-electron chi connectivity index (χ4n) is 3.00. The van der Waals surface area contributed by atoms with Crippen molar-refractivity contribution >= 4 is 29.8 Å². The van der Waals surface area contributed by atoms with E-state index in [4.69, 9.17) is 4.74 Å². The summed E-state index contributed by atoms with van der Waals surface area (Å²) in [6.07, 6.45) is 6.46. The molecule has 1 fully saturated rings. The van der Waals surface area contributed by atoms with Gasteiger partial charge in [0, 0.05) is 51.2 Å². The van der Waals surface area contributed by atoms with Gasteiger partial charge in [-0.25, -0.2) is 9.97 Å². The molecule has 2 heterocycles. The zero-order valence-electron chi connectivity index (χ0n) is 17.1.